The number of para-hydroxylation sites is 1. The third kappa shape index (κ3) is 5.50. The zero-order valence-electron chi connectivity index (χ0n) is 18.8. The van der Waals surface area contributed by atoms with Crippen LogP contribution in [0.25, 0.3) is 0 Å². The Morgan fingerprint density at radius 3 is 2.24 bits per heavy atom. The van der Waals surface area contributed by atoms with Crippen molar-refractivity contribution in [3.05, 3.63) is 126 Å². The number of anilines is 1. The van der Waals surface area contributed by atoms with Crippen LogP contribution in [0.5, 0.6) is 0 Å². The summed E-state index contributed by atoms with van der Waals surface area (Å²) in [5, 5.41) is 2.83. The molecule has 0 aliphatic rings. The van der Waals surface area contributed by atoms with Crippen molar-refractivity contribution in [3.8, 4) is 0 Å². The summed E-state index contributed by atoms with van der Waals surface area (Å²) in [5.74, 6) is -0.355. The molecule has 0 unspecified atom stereocenters. The summed E-state index contributed by atoms with van der Waals surface area (Å²) in [6, 6.07) is 28.2. The van der Waals surface area contributed by atoms with E-state index in [-0.39, 0.29) is 22.9 Å². The predicted molar refractivity (Wildman–Crippen MR) is 133 cm³/mol. The Morgan fingerprint density at radius 1 is 0.853 bits per heavy atom. The van der Waals surface area contributed by atoms with Crippen LogP contribution in [0.15, 0.2) is 108 Å². The molecular formula is C27H25N3O3S. The van der Waals surface area contributed by atoms with E-state index in [1.807, 2.05) is 55.5 Å². The molecule has 0 fully saturated rings. The first-order valence-corrected chi connectivity index (χ1v) is 12.3. The van der Waals surface area contributed by atoms with Gasteiger partial charge in [-0.2, -0.15) is 0 Å². The highest BCUT2D eigenvalue weighted by Crippen LogP contribution is 2.26. The Labute approximate surface area is 200 Å². The third-order valence-electron chi connectivity index (χ3n) is 5.32. The van der Waals surface area contributed by atoms with E-state index in [1.165, 1.54) is 16.4 Å². The molecule has 1 N–H and O–H groups in total. The zero-order valence-corrected chi connectivity index (χ0v) is 19.6. The Hall–Kier alpha value is -3.97. The molecule has 3 aromatic carbocycles. The maximum Gasteiger partial charge on any atom is 0.264 e. The van der Waals surface area contributed by atoms with Crippen molar-refractivity contribution in [2.24, 2.45) is 0 Å². The van der Waals surface area contributed by atoms with Crippen molar-refractivity contribution in [1.82, 2.24) is 10.3 Å². The molecule has 34 heavy (non-hydrogen) atoms. The van der Waals surface area contributed by atoms with Crippen molar-refractivity contribution in [2.75, 3.05) is 4.31 Å². The summed E-state index contributed by atoms with van der Waals surface area (Å²) in [4.78, 5) is 17.0. The van der Waals surface area contributed by atoms with Crippen molar-refractivity contribution in [2.45, 2.75) is 24.9 Å². The van der Waals surface area contributed by atoms with E-state index >= 15 is 0 Å². The van der Waals surface area contributed by atoms with Crippen LogP contribution in [0.1, 0.15) is 27.2 Å². The first-order chi connectivity index (χ1) is 16.4. The maximum absolute atomic E-state index is 13.7. The number of hydrogen-bond acceptors (Lipinski definition) is 4. The molecular weight excluding hydrogens is 446 g/mol. The van der Waals surface area contributed by atoms with Crippen molar-refractivity contribution in [3.63, 3.8) is 0 Å². The number of hydrogen-bond donors (Lipinski definition) is 1. The Morgan fingerprint density at radius 2 is 1.56 bits per heavy atom. The molecule has 7 heteroatoms. The average molecular weight is 472 g/mol. The lowest BCUT2D eigenvalue weighted by molar-refractivity contribution is 0.0950. The Kier molecular flexibility index (Phi) is 7.04. The summed E-state index contributed by atoms with van der Waals surface area (Å²) in [7, 11) is -3.94. The van der Waals surface area contributed by atoms with Gasteiger partial charge in [0, 0.05) is 24.0 Å². The van der Waals surface area contributed by atoms with Gasteiger partial charge in [0.15, 0.2) is 0 Å². The Balaban J connectivity index is 1.60. The van der Waals surface area contributed by atoms with Crippen LogP contribution >= 0.6 is 0 Å². The zero-order chi connectivity index (χ0) is 24.0. The van der Waals surface area contributed by atoms with E-state index in [9.17, 15) is 13.2 Å². The molecule has 0 atom stereocenters. The smallest absolute Gasteiger partial charge is 0.264 e. The highest BCUT2D eigenvalue weighted by molar-refractivity contribution is 7.92. The van der Waals surface area contributed by atoms with Crippen LogP contribution in [-0.2, 0) is 23.1 Å². The van der Waals surface area contributed by atoms with Crippen LogP contribution in [0.3, 0.4) is 0 Å². The second-order valence-corrected chi connectivity index (χ2v) is 9.71. The molecule has 0 saturated carbocycles. The number of carbonyl (C=O) groups is 1. The fourth-order valence-electron chi connectivity index (χ4n) is 3.47. The maximum atomic E-state index is 13.7. The molecule has 1 heterocycles. The number of nitrogens with one attached hydrogen (secondary N) is 1. The molecule has 0 aliphatic heterocycles. The summed E-state index contributed by atoms with van der Waals surface area (Å²) in [6.45, 7) is 2.36. The van der Waals surface area contributed by atoms with Crippen LogP contribution in [-0.4, -0.2) is 19.3 Å². The molecule has 6 nitrogen and oxygen atoms in total. The molecule has 4 aromatic rings. The van der Waals surface area contributed by atoms with E-state index < -0.39 is 10.0 Å². The number of benzene rings is 3. The van der Waals surface area contributed by atoms with Gasteiger partial charge >= 0.3 is 0 Å². The number of carbonyl (C=O) groups excluding carboxylic acids is 1. The van der Waals surface area contributed by atoms with Crippen molar-refractivity contribution in [1.29, 1.82) is 0 Å². The molecule has 0 bridgehead atoms. The highest BCUT2D eigenvalue weighted by atomic mass is 32.2. The van der Waals surface area contributed by atoms with Crippen LogP contribution < -0.4 is 9.62 Å². The third-order valence-corrected chi connectivity index (χ3v) is 7.09. The van der Waals surface area contributed by atoms with Gasteiger partial charge in [0.25, 0.3) is 15.9 Å². The molecule has 0 radical (unpaired) electrons. The first-order valence-electron chi connectivity index (χ1n) is 10.8. The Bertz CT molecular complexity index is 1360. The minimum Gasteiger partial charge on any atom is -0.348 e. The predicted octanol–water partition coefficient (Wildman–Crippen LogP) is 4.72. The summed E-state index contributed by atoms with van der Waals surface area (Å²) in [5.41, 5.74) is 3.43. The van der Waals surface area contributed by atoms with Gasteiger partial charge < -0.3 is 5.32 Å². The lowest BCUT2D eigenvalue weighted by Crippen LogP contribution is -2.31. The monoisotopic (exact) mass is 471 g/mol. The topological polar surface area (TPSA) is 79.4 Å². The molecule has 4 rings (SSSR count). The van der Waals surface area contributed by atoms with Gasteiger partial charge in [-0.3, -0.25) is 14.1 Å². The molecule has 1 amide bonds. The summed E-state index contributed by atoms with van der Waals surface area (Å²) < 4.78 is 28.8. The quantitative estimate of drug-likeness (QED) is 0.403. The number of pyridine rings is 1. The molecule has 172 valence electrons. The van der Waals surface area contributed by atoms with Crippen molar-refractivity contribution >= 4 is 21.6 Å². The second-order valence-electron chi connectivity index (χ2n) is 7.85. The van der Waals surface area contributed by atoms with E-state index in [1.54, 1.807) is 42.6 Å². The number of nitrogens with zero attached hydrogens (tertiary/aromatic N) is 2. The van der Waals surface area contributed by atoms with Gasteiger partial charge in [0.05, 0.1) is 17.1 Å². The van der Waals surface area contributed by atoms with Gasteiger partial charge in [0.1, 0.15) is 0 Å². The summed E-state index contributed by atoms with van der Waals surface area (Å²) in [6.07, 6.45) is 1.71. The second kappa shape index (κ2) is 10.3. The number of aryl methyl sites for hydroxylation is 1. The average Bonchev–Trinajstić information content (AvgIpc) is 2.88. The lowest BCUT2D eigenvalue weighted by Gasteiger charge is -2.25. The minimum atomic E-state index is -3.94. The fourth-order valence-corrected chi connectivity index (χ4v) is 4.97. The molecule has 0 aliphatic carbocycles. The van der Waals surface area contributed by atoms with Gasteiger partial charge in [-0.15, -0.1) is 0 Å². The van der Waals surface area contributed by atoms with Gasteiger partial charge in [-0.1, -0.05) is 60.7 Å². The van der Waals surface area contributed by atoms with Gasteiger partial charge in [-0.05, 0) is 54.4 Å². The van der Waals surface area contributed by atoms with Crippen LogP contribution in [0, 0.1) is 6.92 Å². The van der Waals surface area contributed by atoms with Crippen molar-refractivity contribution < 1.29 is 13.2 Å². The number of sulfonamides is 1. The minimum absolute atomic E-state index is 0.0527. The number of aromatic nitrogens is 1. The molecule has 1 aromatic heterocycles. The standard InChI is InChI=1S/C27H25N3O3S/c1-21-15-16-23(18-28-21)19-29-27(31)24-11-8-14-26(17-24)34(32,33)30(25-12-6-3-7-13-25)20-22-9-4-2-5-10-22/h2-18H,19-20H2,1H3,(H,29,31). The van der Waals surface area contributed by atoms with E-state index in [0.717, 1.165) is 16.8 Å². The normalized spacial score (nSPS) is 11.1. The highest BCUT2D eigenvalue weighted by Gasteiger charge is 2.26. The summed E-state index contributed by atoms with van der Waals surface area (Å²) >= 11 is 0. The van der Waals surface area contributed by atoms with Gasteiger partial charge in [-0.25, -0.2) is 8.42 Å². The molecule has 0 spiro atoms. The van der Waals surface area contributed by atoms with E-state index in [0.29, 0.717) is 12.2 Å². The van der Waals surface area contributed by atoms with Gasteiger partial charge in [0.2, 0.25) is 0 Å². The lowest BCUT2D eigenvalue weighted by atomic mass is 10.2. The van der Waals surface area contributed by atoms with E-state index in [4.69, 9.17) is 0 Å². The van der Waals surface area contributed by atoms with E-state index in [2.05, 4.69) is 10.3 Å². The van der Waals surface area contributed by atoms with Crippen LogP contribution in [0.4, 0.5) is 5.69 Å². The molecule has 0 saturated heterocycles. The largest absolute Gasteiger partial charge is 0.348 e. The van der Waals surface area contributed by atoms with Crippen LogP contribution in [0.2, 0.25) is 0 Å². The SMILES string of the molecule is Cc1ccc(CNC(=O)c2cccc(S(=O)(=O)N(Cc3ccccc3)c3ccccc3)c2)cn1. The number of rotatable bonds is 8. The fraction of sp³-hybridized carbons (Fsp3) is 0.111. The first kappa shape index (κ1) is 23.2. The number of amides is 1.